The SMILES string of the molecule is COc1cc([C@H]2CNC(=O)CO2)ccc1F. The minimum absolute atomic E-state index is 0.0321. The molecule has 1 fully saturated rings. The van der Waals surface area contributed by atoms with E-state index in [0.29, 0.717) is 6.54 Å². The average Bonchev–Trinajstić information content (AvgIpc) is 2.31. The Morgan fingerprint density at radius 2 is 2.38 bits per heavy atom. The van der Waals surface area contributed by atoms with Crippen LogP contribution in [-0.4, -0.2) is 26.2 Å². The predicted octanol–water partition coefficient (Wildman–Crippen LogP) is 1.02. The van der Waals surface area contributed by atoms with Crippen molar-refractivity contribution in [2.75, 3.05) is 20.3 Å². The zero-order valence-corrected chi connectivity index (χ0v) is 8.83. The van der Waals surface area contributed by atoms with Gasteiger partial charge in [0.25, 0.3) is 0 Å². The zero-order valence-electron chi connectivity index (χ0n) is 8.83. The van der Waals surface area contributed by atoms with Gasteiger partial charge in [-0.2, -0.15) is 0 Å². The van der Waals surface area contributed by atoms with Gasteiger partial charge in [-0.1, -0.05) is 6.07 Å². The molecule has 1 N–H and O–H groups in total. The molecule has 4 nitrogen and oxygen atoms in total. The minimum atomic E-state index is -0.411. The van der Waals surface area contributed by atoms with Crippen LogP contribution in [0.25, 0.3) is 0 Å². The molecular weight excluding hydrogens is 213 g/mol. The van der Waals surface area contributed by atoms with Crippen LogP contribution in [-0.2, 0) is 9.53 Å². The summed E-state index contributed by atoms with van der Waals surface area (Å²) in [6, 6.07) is 4.53. The summed E-state index contributed by atoms with van der Waals surface area (Å²) in [7, 11) is 1.41. The smallest absolute Gasteiger partial charge is 0.246 e. The summed E-state index contributed by atoms with van der Waals surface area (Å²) in [6.07, 6.45) is -0.243. The monoisotopic (exact) mass is 225 g/mol. The van der Waals surface area contributed by atoms with Crippen LogP contribution in [0, 0.1) is 5.82 Å². The molecule has 0 bridgehead atoms. The number of ether oxygens (including phenoxy) is 2. The first-order valence-corrected chi connectivity index (χ1v) is 4.92. The van der Waals surface area contributed by atoms with Crippen LogP contribution in [0.15, 0.2) is 18.2 Å². The molecule has 0 spiro atoms. The molecule has 1 saturated heterocycles. The van der Waals surface area contributed by atoms with Crippen molar-refractivity contribution in [2.45, 2.75) is 6.10 Å². The van der Waals surface area contributed by atoms with Crippen molar-refractivity contribution < 1.29 is 18.7 Å². The standard InChI is InChI=1S/C11H12FNO3/c1-15-9-4-7(2-3-8(9)12)10-5-13-11(14)6-16-10/h2-4,10H,5-6H2,1H3,(H,13,14)/t10-/m1/s1. The molecule has 0 unspecified atom stereocenters. The topological polar surface area (TPSA) is 47.6 Å². The van der Waals surface area contributed by atoms with Crippen molar-refractivity contribution in [2.24, 2.45) is 0 Å². The van der Waals surface area contributed by atoms with E-state index in [-0.39, 0.29) is 24.4 Å². The summed E-state index contributed by atoms with van der Waals surface area (Å²) in [4.78, 5) is 10.9. The van der Waals surface area contributed by atoms with Crippen LogP contribution in [0.1, 0.15) is 11.7 Å². The lowest BCUT2D eigenvalue weighted by atomic mass is 10.1. The lowest BCUT2D eigenvalue weighted by Gasteiger charge is -2.23. The van der Waals surface area contributed by atoms with E-state index in [4.69, 9.17) is 9.47 Å². The highest BCUT2D eigenvalue weighted by molar-refractivity contribution is 5.77. The Kier molecular flexibility index (Phi) is 3.05. The first-order chi connectivity index (χ1) is 7.70. The quantitative estimate of drug-likeness (QED) is 0.817. The number of amides is 1. The lowest BCUT2D eigenvalue weighted by molar-refractivity contribution is -0.133. The molecule has 1 aliphatic heterocycles. The third-order valence-corrected chi connectivity index (χ3v) is 2.45. The minimum Gasteiger partial charge on any atom is -0.494 e. The summed E-state index contributed by atoms with van der Waals surface area (Å²) in [5, 5.41) is 2.68. The van der Waals surface area contributed by atoms with Crippen molar-refractivity contribution in [3.05, 3.63) is 29.6 Å². The van der Waals surface area contributed by atoms with Crippen LogP contribution in [0.5, 0.6) is 5.75 Å². The van der Waals surface area contributed by atoms with E-state index in [0.717, 1.165) is 5.56 Å². The second kappa shape index (κ2) is 4.49. The molecule has 0 aliphatic carbocycles. The number of carbonyl (C=O) groups excluding carboxylic acids is 1. The maximum absolute atomic E-state index is 13.2. The van der Waals surface area contributed by atoms with Crippen molar-refractivity contribution in [1.29, 1.82) is 0 Å². The van der Waals surface area contributed by atoms with Crippen LogP contribution >= 0.6 is 0 Å². The van der Waals surface area contributed by atoms with E-state index >= 15 is 0 Å². The molecule has 1 atom stereocenters. The van der Waals surface area contributed by atoms with Crippen LogP contribution in [0.4, 0.5) is 4.39 Å². The Balaban J connectivity index is 2.17. The van der Waals surface area contributed by atoms with Crippen LogP contribution < -0.4 is 10.1 Å². The van der Waals surface area contributed by atoms with E-state index < -0.39 is 5.82 Å². The van der Waals surface area contributed by atoms with Gasteiger partial charge in [0.15, 0.2) is 11.6 Å². The van der Waals surface area contributed by atoms with Gasteiger partial charge in [0, 0.05) is 6.54 Å². The Morgan fingerprint density at radius 3 is 3.00 bits per heavy atom. The molecular formula is C11H12FNO3. The summed E-state index contributed by atoms with van der Waals surface area (Å²) in [5.41, 5.74) is 0.790. The molecule has 5 heteroatoms. The highest BCUT2D eigenvalue weighted by Crippen LogP contribution is 2.25. The molecule has 0 saturated carbocycles. The van der Waals surface area contributed by atoms with Gasteiger partial charge in [0.2, 0.25) is 5.91 Å². The van der Waals surface area contributed by atoms with E-state index in [1.807, 2.05) is 0 Å². The van der Waals surface area contributed by atoms with E-state index in [9.17, 15) is 9.18 Å². The summed E-state index contributed by atoms with van der Waals surface area (Å²) < 4.78 is 23.4. The number of nitrogens with one attached hydrogen (secondary N) is 1. The molecule has 0 aromatic heterocycles. The normalized spacial score (nSPS) is 20.4. The Bertz CT molecular complexity index is 398. The number of morpholine rings is 1. The summed E-state index contributed by atoms with van der Waals surface area (Å²) >= 11 is 0. The largest absolute Gasteiger partial charge is 0.494 e. The number of hydrogen-bond acceptors (Lipinski definition) is 3. The Hall–Kier alpha value is -1.62. The van der Waals surface area contributed by atoms with Gasteiger partial charge in [-0.15, -0.1) is 0 Å². The van der Waals surface area contributed by atoms with Gasteiger partial charge in [-0.3, -0.25) is 4.79 Å². The van der Waals surface area contributed by atoms with Gasteiger partial charge in [-0.05, 0) is 17.7 Å². The number of methoxy groups -OCH3 is 1. The van der Waals surface area contributed by atoms with Gasteiger partial charge >= 0.3 is 0 Å². The van der Waals surface area contributed by atoms with Gasteiger partial charge in [-0.25, -0.2) is 4.39 Å². The third kappa shape index (κ3) is 2.14. The van der Waals surface area contributed by atoms with Crippen molar-refractivity contribution in [1.82, 2.24) is 5.32 Å². The fourth-order valence-corrected chi connectivity index (χ4v) is 1.58. The first-order valence-electron chi connectivity index (χ1n) is 4.92. The highest BCUT2D eigenvalue weighted by atomic mass is 19.1. The third-order valence-electron chi connectivity index (χ3n) is 2.45. The maximum Gasteiger partial charge on any atom is 0.246 e. The van der Waals surface area contributed by atoms with Crippen LogP contribution in [0.3, 0.4) is 0 Å². The van der Waals surface area contributed by atoms with Gasteiger partial charge < -0.3 is 14.8 Å². The van der Waals surface area contributed by atoms with Crippen molar-refractivity contribution in [3.63, 3.8) is 0 Å². The molecule has 1 heterocycles. The Morgan fingerprint density at radius 1 is 1.56 bits per heavy atom. The highest BCUT2D eigenvalue weighted by Gasteiger charge is 2.21. The number of rotatable bonds is 2. The average molecular weight is 225 g/mol. The molecule has 2 rings (SSSR count). The number of benzene rings is 1. The molecule has 1 aromatic rings. The lowest BCUT2D eigenvalue weighted by Crippen LogP contribution is -2.38. The predicted molar refractivity (Wildman–Crippen MR) is 54.7 cm³/mol. The number of carbonyl (C=O) groups is 1. The van der Waals surface area contributed by atoms with Crippen molar-refractivity contribution >= 4 is 5.91 Å². The second-order valence-electron chi connectivity index (χ2n) is 3.50. The van der Waals surface area contributed by atoms with Crippen LogP contribution in [0.2, 0.25) is 0 Å². The fraction of sp³-hybridized carbons (Fsp3) is 0.364. The number of halogens is 1. The maximum atomic E-state index is 13.2. The molecule has 1 aliphatic rings. The van der Waals surface area contributed by atoms with E-state index in [1.165, 1.54) is 13.2 Å². The fourth-order valence-electron chi connectivity index (χ4n) is 1.58. The van der Waals surface area contributed by atoms with Gasteiger partial charge in [0.1, 0.15) is 12.7 Å². The molecule has 1 amide bonds. The molecule has 0 radical (unpaired) electrons. The second-order valence-corrected chi connectivity index (χ2v) is 3.50. The first kappa shape index (κ1) is 10.9. The number of hydrogen-bond donors (Lipinski definition) is 1. The molecule has 16 heavy (non-hydrogen) atoms. The van der Waals surface area contributed by atoms with Gasteiger partial charge in [0.05, 0.1) is 7.11 Å². The summed E-state index contributed by atoms with van der Waals surface area (Å²) in [6.45, 7) is 0.429. The molecule has 86 valence electrons. The Labute approximate surface area is 92.4 Å². The zero-order chi connectivity index (χ0) is 11.5. The van der Waals surface area contributed by atoms with Crippen molar-refractivity contribution in [3.8, 4) is 5.75 Å². The summed E-state index contributed by atoms with van der Waals surface area (Å²) in [5.74, 6) is -0.366. The van der Waals surface area contributed by atoms with E-state index in [2.05, 4.69) is 5.32 Å². The molecule has 1 aromatic carbocycles. The van der Waals surface area contributed by atoms with E-state index in [1.54, 1.807) is 12.1 Å².